The summed E-state index contributed by atoms with van der Waals surface area (Å²) in [6.45, 7) is 2.14. The van der Waals surface area contributed by atoms with Crippen molar-refractivity contribution in [3.63, 3.8) is 0 Å². The second-order valence-corrected chi connectivity index (χ2v) is 5.89. The molecule has 0 amide bonds. The monoisotopic (exact) mass is 261 g/mol. The molecule has 0 bridgehead atoms. The zero-order valence-electron chi connectivity index (χ0n) is 10.0. The van der Waals surface area contributed by atoms with Crippen LogP contribution in [-0.4, -0.2) is 28.3 Å². The molecule has 0 heterocycles. The van der Waals surface area contributed by atoms with Crippen LogP contribution in [0.15, 0.2) is 17.0 Å². The van der Waals surface area contributed by atoms with Gasteiger partial charge in [0, 0.05) is 11.8 Å². The second-order valence-electron chi connectivity index (χ2n) is 3.91. The zero-order valence-corrected chi connectivity index (χ0v) is 10.8. The number of nitrogens with two attached hydrogens (primary N) is 1. The van der Waals surface area contributed by atoms with Gasteiger partial charge in [0.15, 0.2) is 21.4 Å². The summed E-state index contributed by atoms with van der Waals surface area (Å²) in [6, 6.07) is 2.78. The molecule has 0 aliphatic rings. The van der Waals surface area contributed by atoms with Crippen LogP contribution >= 0.6 is 0 Å². The van der Waals surface area contributed by atoms with Crippen molar-refractivity contribution in [2.45, 2.75) is 17.7 Å². The van der Waals surface area contributed by atoms with E-state index in [0.717, 1.165) is 6.26 Å². The SMILES string of the molecule is COc1c(C(C)CN)ccc(S(C)(=O)=O)c1F. The highest BCUT2D eigenvalue weighted by molar-refractivity contribution is 7.90. The molecule has 96 valence electrons. The Morgan fingerprint density at radius 1 is 1.47 bits per heavy atom. The second kappa shape index (κ2) is 5.01. The maximum absolute atomic E-state index is 14.0. The topological polar surface area (TPSA) is 69.4 Å². The van der Waals surface area contributed by atoms with Crippen LogP contribution in [0.4, 0.5) is 4.39 Å². The third-order valence-corrected chi connectivity index (χ3v) is 3.69. The van der Waals surface area contributed by atoms with E-state index in [1.807, 2.05) is 6.92 Å². The molecular weight excluding hydrogens is 245 g/mol. The molecule has 1 unspecified atom stereocenters. The van der Waals surface area contributed by atoms with Gasteiger partial charge in [0.25, 0.3) is 0 Å². The first-order valence-corrected chi connectivity index (χ1v) is 6.98. The first kappa shape index (κ1) is 13.9. The number of rotatable bonds is 4. The van der Waals surface area contributed by atoms with E-state index in [4.69, 9.17) is 10.5 Å². The van der Waals surface area contributed by atoms with E-state index < -0.39 is 15.7 Å². The molecule has 2 N–H and O–H groups in total. The fourth-order valence-corrected chi connectivity index (χ4v) is 2.30. The number of hydrogen-bond donors (Lipinski definition) is 1. The minimum absolute atomic E-state index is 0.0501. The van der Waals surface area contributed by atoms with Crippen molar-refractivity contribution >= 4 is 9.84 Å². The summed E-state index contributed by atoms with van der Waals surface area (Å²) in [7, 11) is -2.30. The molecule has 0 spiro atoms. The fourth-order valence-electron chi connectivity index (χ4n) is 1.56. The van der Waals surface area contributed by atoms with Crippen molar-refractivity contribution in [3.05, 3.63) is 23.5 Å². The van der Waals surface area contributed by atoms with E-state index >= 15 is 0 Å². The van der Waals surface area contributed by atoms with Crippen LogP contribution in [0.2, 0.25) is 0 Å². The van der Waals surface area contributed by atoms with E-state index in [0.29, 0.717) is 12.1 Å². The van der Waals surface area contributed by atoms with E-state index in [1.54, 1.807) is 0 Å². The van der Waals surface area contributed by atoms with E-state index in [-0.39, 0.29) is 16.6 Å². The number of methoxy groups -OCH3 is 1. The number of ether oxygens (including phenoxy) is 1. The summed E-state index contributed by atoms with van der Waals surface area (Å²) >= 11 is 0. The molecule has 1 aromatic carbocycles. The Morgan fingerprint density at radius 3 is 2.47 bits per heavy atom. The molecule has 6 heteroatoms. The van der Waals surface area contributed by atoms with Crippen molar-refractivity contribution in [2.24, 2.45) is 5.73 Å². The molecule has 1 aromatic rings. The highest BCUT2D eigenvalue weighted by atomic mass is 32.2. The molecule has 17 heavy (non-hydrogen) atoms. The lowest BCUT2D eigenvalue weighted by atomic mass is 10.00. The average Bonchev–Trinajstić information content (AvgIpc) is 2.25. The lowest BCUT2D eigenvalue weighted by Gasteiger charge is -2.16. The molecule has 0 aliphatic heterocycles. The van der Waals surface area contributed by atoms with Crippen molar-refractivity contribution < 1.29 is 17.5 Å². The van der Waals surface area contributed by atoms with Gasteiger partial charge in [0.2, 0.25) is 0 Å². The zero-order chi connectivity index (χ0) is 13.2. The Kier molecular flexibility index (Phi) is 4.11. The summed E-state index contributed by atoms with van der Waals surface area (Å²) in [6.07, 6.45) is 0.955. The van der Waals surface area contributed by atoms with Crippen molar-refractivity contribution in [1.29, 1.82) is 0 Å². The molecule has 0 saturated carbocycles. The number of sulfone groups is 1. The number of benzene rings is 1. The van der Waals surface area contributed by atoms with Gasteiger partial charge in [-0.2, -0.15) is 0 Å². The lowest BCUT2D eigenvalue weighted by molar-refractivity contribution is 0.373. The Hall–Kier alpha value is -1.14. The van der Waals surface area contributed by atoms with Crippen LogP contribution in [-0.2, 0) is 9.84 Å². The predicted molar refractivity (Wildman–Crippen MR) is 63.5 cm³/mol. The molecule has 0 fully saturated rings. The van der Waals surface area contributed by atoms with Crippen molar-refractivity contribution in [2.75, 3.05) is 19.9 Å². The molecular formula is C11H16FNO3S. The van der Waals surface area contributed by atoms with Crippen LogP contribution in [0.1, 0.15) is 18.4 Å². The first-order chi connectivity index (χ1) is 7.82. The highest BCUT2D eigenvalue weighted by Gasteiger charge is 2.22. The van der Waals surface area contributed by atoms with Gasteiger partial charge in [0.05, 0.1) is 7.11 Å². The minimum atomic E-state index is -3.60. The molecule has 0 radical (unpaired) electrons. The van der Waals surface area contributed by atoms with Gasteiger partial charge in [-0.05, 0) is 18.5 Å². The van der Waals surface area contributed by atoms with E-state index in [9.17, 15) is 12.8 Å². The van der Waals surface area contributed by atoms with Gasteiger partial charge in [-0.3, -0.25) is 0 Å². The molecule has 1 atom stereocenters. The summed E-state index contributed by atoms with van der Waals surface area (Å²) < 4.78 is 41.6. The third kappa shape index (κ3) is 2.76. The summed E-state index contributed by atoms with van der Waals surface area (Å²) in [5.41, 5.74) is 6.07. The Morgan fingerprint density at radius 2 is 2.06 bits per heavy atom. The largest absolute Gasteiger partial charge is 0.493 e. The maximum atomic E-state index is 14.0. The molecule has 1 rings (SSSR count). The van der Waals surface area contributed by atoms with Gasteiger partial charge in [-0.15, -0.1) is 0 Å². The first-order valence-electron chi connectivity index (χ1n) is 5.09. The van der Waals surface area contributed by atoms with Gasteiger partial charge in [-0.25, -0.2) is 12.8 Å². The maximum Gasteiger partial charge on any atom is 0.183 e. The van der Waals surface area contributed by atoms with E-state index in [2.05, 4.69) is 0 Å². The summed E-state index contributed by atoms with van der Waals surface area (Å²) in [4.78, 5) is -0.359. The Bertz CT molecular complexity index is 514. The quantitative estimate of drug-likeness (QED) is 0.887. The number of halogens is 1. The van der Waals surface area contributed by atoms with Crippen LogP contribution in [0.3, 0.4) is 0 Å². The third-order valence-electron chi connectivity index (χ3n) is 2.58. The molecule has 4 nitrogen and oxygen atoms in total. The van der Waals surface area contributed by atoms with Crippen LogP contribution in [0, 0.1) is 5.82 Å². The molecule has 0 aliphatic carbocycles. The highest BCUT2D eigenvalue weighted by Crippen LogP contribution is 2.32. The summed E-state index contributed by atoms with van der Waals surface area (Å²) in [5.74, 6) is -1.01. The average molecular weight is 261 g/mol. The normalized spacial score (nSPS) is 13.5. The Labute approximate surface area is 101 Å². The van der Waals surface area contributed by atoms with Crippen molar-refractivity contribution in [3.8, 4) is 5.75 Å². The standard InChI is InChI=1S/C11H16FNO3S/c1-7(6-13)8-4-5-9(17(3,14)15)10(12)11(8)16-2/h4-5,7H,6,13H2,1-3H3. The van der Waals surface area contributed by atoms with Crippen LogP contribution in [0.5, 0.6) is 5.75 Å². The summed E-state index contributed by atoms with van der Waals surface area (Å²) in [5, 5.41) is 0. The van der Waals surface area contributed by atoms with Gasteiger partial charge >= 0.3 is 0 Å². The Balaban J connectivity index is 3.48. The number of hydrogen-bond acceptors (Lipinski definition) is 4. The smallest absolute Gasteiger partial charge is 0.183 e. The fraction of sp³-hybridized carbons (Fsp3) is 0.455. The van der Waals surface area contributed by atoms with Crippen molar-refractivity contribution in [1.82, 2.24) is 0 Å². The molecule has 0 saturated heterocycles. The predicted octanol–water partition coefficient (Wildman–Crippen LogP) is 1.30. The van der Waals surface area contributed by atoms with E-state index in [1.165, 1.54) is 19.2 Å². The van der Waals surface area contributed by atoms with Gasteiger partial charge in [-0.1, -0.05) is 13.0 Å². The van der Waals surface area contributed by atoms with Crippen LogP contribution in [0.25, 0.3) is 0 Å². The van der Waals surface area contributed by atoms with Gasteiger partial charge < -0.3 is 10.5 Å². The van der Waals surface area contributed by atoms with Crippen LogP contribution < -0.4 is 10.5 Å². The molecule has 0 aromatic heterocycles. The minimum Gasteiger partial charge on any atom is -0.493 e. The van der Waals surface area contributed by atoms with Gasteiger partial charge in [0.1, 0.15) is 4.90 Å². The lowest BCUT2D eigenvalue weighted by Crippen LogP contribution is -2.12.